The Kier molecular flexibility index (Phi) is 2.79. The van der Waals surface area contributed by atoms with Gasteiger partial charge in [-0.1, -0.05) is 18.2 Å². The van der Waals surface area contributed by atoms with Crippen LogP contribution in [0.5, 0.6) is 0 Å². The highest BCUT2D eigenvalue weighted by molar-refractivity contribution is 5.66. The molecule has 1 aromatic heterocycles. The molecule has 15 heavy (non-hydrogen) atoms. The van der Waals surface area contributed by atoms with Gasteiger partial charge in [0.25, 0.3) is 0 Å². The molecule has 2 aromatic rings. The Labute approximate surface area is 89.8 Å². The molecule has 0 saturated heterocycles. The smallest absolute Gasteiger partial charge is 0.0346 e. The first-order valence-electron chi connectivity index (χ1n) is 5.01. The average Bonchev–Trinajstić information content (AvgIpc) is 2.31. The molecule has 2 rings (SSSR count). The molecule has 0 aliphatic heterocycles. The lowest BCUT2D eigenvalue weighted by molar-refractivity contribution is 1.07. The van der Waals surface area contributed by atoms with Crippen molar-refractivity contribution < 1.29 is 0 Å². The van der Waals surface area contributed by atoms with E-state index in [4.69, 9.17) is 5.73 Å². The third-order valence-electron chi connectivity index (χ3n) is 2.51. The Morgan fingerprint density at radius 2 is 2.13 bits per heavy atom. The number of hydrogen-bond acceptors (Lipinski definition) is 2. The molecular weight excluding hydrogens is 184 g/mol. The summed E-state index contributed by atoms with van der Waals surface area (Å²) in [5.74, 6) is 0. The largest absolute Gasteiger partial charge is 0.326 e. The van der Waals surface area contributed by atoms with E-state index in [2.05, 4.69) is 36.2 Å². The van der Waals surface area contributed by atoms with Crippen molar-refractivity contribution in [3.05, 3.63) is 53.9 Å². The van der Waals surface area contributed by atoms with Crippen LogP contribution in [0.4, 0.5) is 0 Å². The van der Waals surface area contributed by atoms with Crippen LogP contribution in [0.1, 0.15) is 11.1 Å². The minimum absolute atomic E-state index is 0.577. The maximum atomic E-state index is 5.63. The van der Waals surface area contributed by atoms with Gasteiger partial charge < -0.3 is 5.73 Å². The summed E-state index contributed by atoms with van der Waals surface area (Å²) in [4.78, 5) is 4.13. The van der Waals surface area contributed by atoms with Crippen LogP contribution in [-0.4, -0.2) is 4.98 Å². The van der Waals surface area contributed by atoms with Gasteiger partial charge in [0, 0.05) is 24.5 Å². The first kappa shape index (κ1) is 9.87. The second-order valence-electron chi connectivity index (χ2n) is 3.60. The lowest BCUT2D eigenvalue weighted by Gasteiger charge is -2.07. The zero-order chi connectivity index (χ0) is 10.7. The third-order valence-corrected chi connectivity index (χ3v) is 2.51. The molecule has 0 unspecified atom stereocenters. The van der Waals surface area contributed by atoms with Gasteiger partial charge in [-0.15, -0.1) is 0 Å². The van der Waals surface area contributed by atoms with E-state index in [1.807, 2.05) is 12.3 Å². The van der Waals surface area contributed by atoms with E-state index in [-0.39, 0.29) is 0 Å². The van der Waals surface area contributed by atoms with Gasteiger partial charge in [0.05, 0.1) is 0 Å². The molecule has 0 atom stereocenters. The molecule has 0 fully saturated rings. The number of benzene rings is 1. The Hall–Kier alpha value is -1.67. The van der Waals surface area contributed by atoms with Gasteiger partial charge >= 0.3 is 0 Å². The molecular formula is C13H14N2. The molecule has 1 aromatic carbocycles. The summed E-state index contributed by atoms with van der Waals surface area (Å²) in [7, 11) is 0. The van der Waals surface area contributed by atoms with Crippen molar-refractivity contribution in [3.63, 3.8) is 0 Å². The number of aryl methyl sites for hydroxylation is 1. The highest BCUT2D eigenvalue weighted by Crippen LogP contribution is 2.23. The van der Waals surface area contributed by atoms with E-state index in [0.717, 1.165) is 11.1 Å². The summed E-state index contributed by atoms with van der Waals surface area (Å²) in [5.41, 5.74) is 10.4. The van der Waals surface area contributed by atoms with E-state index in [1.165, 1.54) is 11.1 Å². The summed E-state index contributed by atoms with van der Waals surface area (Å²) >= 11 is 0. The van der Waals surface area contributed by atoms with Gasteiger partial charge in [-0.3, -0.25) is 4.98 Å². The summed E-state index contributed by atoms with van der Waals surface area (Å²) < 4.78 is 0. The van der Waals surface area contributed by atoms with Crippen molar-refractivity contribution in [2.75, 3.05) is 0 Å². The molecule has 76 valence electrons. The molecule has 2 heteroatoms. The minimum Gasteiger partial charge on any atom is -0.326 e. The highest BCUT2D eigenvalue weighted by Gasteiger charge is 2.02. The van der Waals surface area contributed by atoms with Crippen LogP contribution in [0.25, 0.3) is 11.1 Å². The maximum absolute atomic E-state index is 5.63. The van der Waals surface area contributed by atoms with Crippen molar-refractivity contribution >= 4 is 0 Å². The standard InChI is InChI=1S/C13H14N2/c1-10-4-5-11(8-14)7-13(10)12-3-2-6-15-9-12/h2-7,9H,8,14H2,1H3. The number of hydrogen-bond donors (Lipinski definition) is 1. The molecule has 1 heterocycles. The van der Waals surface area contributed by atoms with Crippen LogP contribution in [0.15, 0.2) is 42.7 Å². The van der Waals surface area contributed by atoms with Crippen LogP contribution in [0, 0.1) is 6.92 Å². The average molecular weight is 198 g/mol. The highest BCUT2D eigenvalue weighted by atomic mass is 14.6. The predicted molar refractivity (Wildman–Crippen MR) is 62.3 cm³/mol. The van der Waals surface area contributed by atoms with Crippen molar-refractivity contribution in [2.24, 2.45) is 5.73 Å². The van der Waals surface area contributed by atoms with E-state index < -0.39 is 0 Å². The van der Waals surface area contributed by atoms with Gasteiger partial charge in [0.2, 0.25) is 0 Å². The summed E-state index contributed by atoms with van der Waals surface area (Å²) in [5, 5.41) is 0. The Bertz CT molecular complexity index is 449. The van der Waals surface area contributed by atoms with Crippen LogP contribution in [0.2, 0.25) is 0 Å². The monoisotopic (exact) mass is 198 g/mol. The van der Waals surface area contributed by atoms with Gasteiger partial charge in [0.1, 0.15) is 0 Å². The number of rotatable bonds is 2. The van der Waals surface area contributed by atoms with Gasteiger partial charge in [-0.2, -0.15) is 0 Å². The SMILES string of the molecule is Cc1ccc(CN)cc1-c1cccnc1. The first-order chi connectivity index (χ1) is 7.31. The molecule has 0 spiro atoms. The zero-order valence-electron chi connectivity index (χ0n) is 8.77. The number of nitrogens with two attached hydrogens (primary N) is 1. The van der Waals surface area contributed by atoms with E-state index in [0.29, 0.717) is 6.54 Å². The summed E-state index contributed by atoms with van der Waals surface area (Å²) in [6.45, 7) is 2.68. The number of nitrogens with zero attached hydrogens (tertiary/aromatic N) is 1. The number of aromatic nitrogens is 1. The van der Waals surface area contributed by atoms with Crippen molar-refractivity contribution in [1.29, 1.82) is 0 Å². The third kappa shape index (κ3) is 2.05. The molecule has 2 nitrogen and oxygen atoms in total. The van der Waals surface area contributed by atoms with Crippen molar-refractivity contribution in [2.45, 2.75) is 13.5 Å². The molecule has 0 radical (unpaired) electrons. The van der Waals surface area contributed by atoms with Crippen LogP contribution in [-0.2, 0) is 6.54 Å². The normalized spacial score (nSPS) is 10.3. The Balaban J connectivity index is 2.52. The van der Waals surface area contributed by atoms with Gasteiger partial charge in [-0.25, -0.2) is 0 Å². The van der Waals surface area contributed by atoms with Crippen molar-refractivity contribution in [1.82, 2.24) is 4.98 Å². The van der Waals surface area contributed by atoms with Crippen LogP contribution in [0.3, 0.4) is 0 Å². The molecule has 0 bridgehead atoms. The molecule has 0 aliphatic carbocycles. The van der Waals surface area contributed by atoms with Crippen LogP contribution >= 0.6 is 0 Å². The van der Waals surface area contributed by atoms with Gasteiger partial charge in [0.15, 0.2) is 0 Å². The quantitative estimate of drug-likeness (QED) is 0.805. The molecule has 0 aliphatic rings. The fraction of sp³-hybridized carbons (Fsp3) is 0.154. The van der Waals surface area contributed by atoms with Crippen molar-refractivity contribution in [3.8, 4) is 11.1 Å². The molecule has 2 N–H and O–H groups in total. The fourth-order valence-corrected chi connectivity index (χ4v) is 1.63. The number of pyridine rings is 1. The minimum atomic E-state index is 0.577. The van der Waals surface area contributed by atoms with E-state index in [9.17, 15) is 0 Å². The zero-order valence-corrected chi connectivity index (χ0v) is 8.77. The topological polar surface area (TPSA) is 38.9 Å². The summed E-state index contributed by atoms with van der Waals surface area (Å²) in [6.07, 6.45) is 3.66. The lowest BCUT2D eigenvalue weighted by Crippen LogP contribution is -1.97. The molecule has 0 amide bonds. The Morgan fingerprint density at radius 1 is 1.27 bits per heavy atom. The molecule has 0 saturated carbocycles. The van der Waals surface area contributed by atoms with E-state index >= 15 is 0 Å². The lowest BCUT2D eigenvalue weighted by atomic mass is 9.99. The maximum Gasteiger partial charge on any atom is 0.0346 e. The fourth-order valence-electron chi connectivity index (χ4n) is 1.63. The second-order valence-corrected chi connectivity index (χ2v) is 3.60. The second kappa shape index (κ2) is 4.24. The van der Waals surface area contributed by atoms with E-state index in [1.54, 1.807) is 6.20 Å². The first-order valence-corrected chi connectivity index (χ1v) is 5.01. The van der Waals surface area contributed by atoms with Crippen LogP contribution < -0.4 is 5.73 Å². The Morgan fingerprint density at radius 3 is 2.80 bits per heavy atom. The van der Waals surface area contributed by atoms with Gasteiger partial charge in [-0.05, 0) is 35.7 Å². The predicted octanol–water partition coefficient (Wildman–Crippen LogP) is 2.52. The summed E-state index contributed by atoms with van der Waals surface area (Å²) in [6, 6.07) is 10.3.